The average Bonchev–Trinajstić information content (AvgIpc) is 3.12. The van der Waals surface area contributed by atoms with Crippen LogP contribution in [0.25, 0.3) is 11.1 Å². The van der Waals surface area contributed by atoms with Crippen molar-refractivity contribution in [2.45, 2.75) is 25.8 Å². The van der Waals surface area contributed by atoms with Crippen LogP contribution in [0, 0.1) is 11.8 Å². The van der Waals surface area contributed by atoms with Crippen molar-refractivity contribution in [3.8, 4) is 0 Å². The second-order valence-corrected chi connectivity index (χ2v) is 5.23. The molecule has 2 N–H and O–H groups in total. The minimum absolute atomic E-state index is 0.321. The molecule has 0 spiro atoms. The van der Waals surface area contributed by atoms with Gasteiger partial charge in [0.25, 0.3) is 0 Å². The van der Waals surface area contributed by atoms with Gasteiger partial charge in [-0.05, 0) is 49.4 Å². The zero-order valence-corrected chi connectivity index (χ0v) is 10.7. The normalized spacial score (nSPS) is 19.0. The highest BCUT2D eigenvalue weighted by atomic mass is 16.4. The molecule has 2 unspecified atom stereocenters. The second-order valence-electron chi connectivity index (χ2n) is 5.23. The van der Waals surface area contributed by atoms with Crippen LogP contribution >= 0.6 is 0 Å². The van der Waals surface area contributed by atoms with E-state index >= 15 is 0 Å². The van der Waals surface area contributed by atoms with Crippen LogP contribution in [-0.4, -0.2) is 12.0 Å². The Morgan fingerprint density at radius 3 is 2.89 bits per heavy atom. The summed E-state index contributed by atoms with van der Waals surface area (Å²) in [4.78, 5) is 13.8. The van der Waals surface area contributed by atoms with Gasteiger partial charge in [-0.2, -0.15) is 0 Å². The van der Waals surface area contributed by atoms with Crippen molar-refractivity contribution < 1.29 is 4.42 Å². The Hall–Kier alpha value is -1.55. The third-order valence-electron chi connectivity index (χ3n) is 4.01. The van der Waals surface area contributed by atoms with Crippen molar-refractivity contribution in [2.75, 3.05) is 7.05 Å². The van der Waals surface area contributed by atoms with Gasteiger partial charge in [-0.1, -0.05) is 13.0 Å². The predicted octanol–water partition coefficient (Wildman–Crippen LogP) is 2.43. The number of oxazole rings is 1. The van der Waals surface area contributed by atoms with E-state index in [1.54, 1.807) is 0 Å². The molecular weight excluding hydrogens is 228 g/mol. The van der Waals surface area contributed by atoms with E-state index in [2.05, 4.69) is 23.3 Å². The Bertz CT molecular complexity index is 610. The number of hydrogen-bond donors (Lipinski definition) is 2. The highest BCUT2D eigenvalue weighted by Crippen LogP contribution is 2.42. The molecule has 4 nitrogen and oxygen atoms in total. The molecule has 1 aromatic heterocycles. The predicted molar refractivity (Wildman–Crippen MR) is 70.5 cm³/mol. The first kappa shape index (κ1) is 11.5. The van der Waals surface area contributed by atoms with Crippen molar-refractivity contribution in [2.24, 2.45) is 11.8 Å². The molecule has 1 fully saturated rings. The van der Waals surface area contributed by atoms with Gasteiger partial charge < -0.3 is 9.73 Å². The van der Waals surface area contributed by atoms with Gasteiger partial charge in [0.2, 0.25) is 0 Å². The Balaban J connectivity index is 1.97. The lowest BCUT2D eigenvalue weighted by Crippen LogP contribution is -2.24. The molecule has 18 heavy (non-hydrogen) atoms. The third-order valence-corrected chi connectivity index (χ3v) is 4.01. The fourth-order valence-corrected chi connectivity index (χ4v) is 2.78. The lowest BCUT2D eigenvalue weighted by atomic mass is 9.90. The summed E-state index contributed by atoms with van der Waals surface area (Å²) in [6.07, 6.45) is 2.67. The standard InChI is InChI=1S/C14H18N2O2/c1-8(9-3-4-9)13(15-2)10-5-6-11-12(7-10)18-14(17)16-11/h5-9,13,15H,3-4H2,1-2H3,(H,16,17). The Labute approximate surface area is 105 Å². The number of rotatable bonds is 4. The van der Waals surface area contributed by atoms with Crippen LogP contribution in [0.2, 0.25) is 0 Å². The third kappa shape index (κ3) is 1.97. The van der Waals surface area contributed by atoms with Crippen molar-refractivity contribution in [3.05, 3.63) is 34.3 Å². The number of hydrogen-bond acceptors (Lipinski definition) is 3. The number of benzene rings is 1. The van der Waals surface area contributed by atoms with E-state index in [4.69, 9.17) is 4.42 Å². The largest absolute Gasteiger partial charge is 0.417 e. The molecule has 96 valence electrons. The molecule has 1 heterocycles. The highest BCUT2D eigenvalue weighted by Gasteiger charge is 2.33. The number of aromatic nitrogens is 1. The Morgan fingerprint density at radius 1 is 1.44 bits per heavy atom. The van der Waals surface area contributed by atoms with Gasteiger partial charge in [-0.3, -0.25) is 4.98 Å². The fraction of sp³-hybridized carbons (Fsp3) is 0.500. The molecule has 2 atom stereocenters. The molecule has 0 radical (unpaired) electrons. The number of aromatic amines is 1. The van der Waals surface area contributed by atoms with Crippen LogP contribution < -0.4 is 11.1 Å². The first-order chi connectivity index (χ1) is 8.69. The topological polar surface area (TPSA) is 58.0 Å². The maximum absolute atomic E-state index is 11.2. The van der Waals surface area contributed by atoms with E-state index < -0.39 is 5.76 Å². The second kappa shape index (κ2) is 4.28. The number of fused-ring (bicyclic) bond motifs is 1. The highest BCUT2D eigenvalue weighted by molar-refractivity contribution is 5.72. The molecule has 0 amide bonds. The first-order valence-corrected chi connectivity index (χ1v) is 6.49. The van der Waals surface area contributed by atoms with Gasteiger partial charge in [0.05, 0.1) is 5.52 Å². The van der Waals surface area contributed by atoms with E-state index in [1.807, 2.05) is 19.2 Å². The zero-order chi connectivity index (χ0) is 12.7. The van der Waals surface area contributed by atoms with Gasteiger partial charge in [-0.25, -0.2) is 4.79 Å². The van der Waals surface area contributed by atoms with Crippen LogP contribution in [0.5, 0.6) is 0 Å². The summed E-state index contributed by atoms with van der Waals surface area (Å²) in [6, 6.07) is 6.27. The monoisotopic (exact) mass is 246 g/mol. The summed E-state index contributed by atoms with van der Waals surface area (Å²) < 4.78 is 5.12. The fourth-order valence-electron chi connectivity index (χ4n) is 2.78. The minimum atomic E-state index is -0.390. The van der Waals surface area contributed by atoms with E-state index in [9.17, 15) is 4.79 Å². The van der Waals surface area contributed by atoms with Crippen LogP contribution in [-0.2, 0) is 0 Å². The van der Waals surface area contributed by atoms with Crippen molar-refractivity contribution in [1.82, 2.24) is 10.3 Å². The molecule has 0 aliphatic heterocycles. The van der Waals surface area contributed by atoms with Crippen molar-refractivity contribution in [3.63, 3.8) is 0 Å². The van der Waals surface area contributed by atoms with Crippen LogP contribution in [0.15, 0.2) is 27.4 Å². The SMILES string of the molecule is CNC(c1ccc2[nH]c(=O)oc2c1)C(C)C1CC1. The van der Waals surface area contributed by atoms with Gasteiger partial charge in [0.1, 0.15) is 0 Å². The number of nitrogens with one attached hydrogen (secondary N) is 2. The summed E-state index contributed by atoms with van der Waals surface area (Å²) in [5.74, 6) is 1.05. The molecule has 0 bridgehead atoms. The molecule has 2 aromatic rings. The molecule has 4 heteroatoms. The maximum Gasteiger partial charge on any atom is 0.417 e. The summed E-state index contributed by atoms with van der Waals surface area (Å²) in [5, 5.41) is 3.38. The molecule has 1 saturated carbocycles. The molecule has 1 aliphatic carbocycles. The van der Waals surface area contributed by atoms with Crippen LogP contribution in [0.3, 0.4) is 0 Å². The molecule has 3 rings (SSSR count). The van der Waals surface area contributed by atoms with E-state index in [1.165, 1.54) is 18.4 Å². The summed E-state index contributed by atoms with van der Waals surface area (Å²) in [7, 11) is 1.99. The van der Waals surface area contributed by atoms with Crippen molar-refractivity contribution >= 4 is 11.1 Å². The molecular formula is C14H18N2O2. The smallest absolute Gasteiger partial charge is 0.408 e. The summed E-state index contributed by atoms with van der Waals surface area (Å²) in [5.41, 5.74) is 2.59. The Kier molecular flexibility index (Phi) is 2.74. The van der Waals surface area contributed by atoms with Crippen LogP contribution in [0.1, 0.15) is 31.4 Å². The van der Waals surface area contributed by atoms with Gasteiger partial charge >= 0.3 is 5.76 Å². The lowest BCUT2D eigenvalue weighted by molar-refractivity contribution is 0.369. The van der Waals surface area contributed by atoms with Gasteiger partial charge in [0, 0.05) is 6.04 Å². The van der Waals surface area contributed by atoms with E-state index in [0.717, 1.165) is 11.4 Å². The number of H-pyrrole nitrogens is 1. The van der Waals surface area contributed by atoms with Crippen LogP contribution in [0.4, 0.5) is 0 Å². The zero-order valence-electron chi connectivity index (χ0n) is 10.7. The van der Waals surface area contributed by atoms with E-state index in [0.29, 0.717) is 17.5 Å². The van der Waals surface area contributed by atoms with E-state index in [-0.39, 0.29) is 0 Å². The first-order valence-electron chi connectivity index (χ1n) is 6.49. The van der Waals surface area contributed by atoms with Gasteiger partial charge in [-0.15, -0.1) is 0 Å². The summed E-state index contributed by atoms with van der Waals surface area (Å²) in [6.45, 7) is 2.29. The lowest BCUT2D eigenvalue weighted by Gasteiger charge is -2.23. The minimum Gasteiger partial charge on any atom is -0.408 e. The molecule has 0 saturated heterocycles. The maximum atomic E-state index is 11.2. The van der Waals surface area contributed by atoms with Crippen molar-refractivity contribution in [1.29, 1.82) is 0 Å². The molecule has 1 aromatic carbocycles. The average molecular weight is 246 g/mol. The Morgan fingerprint density at radius 2 is 2.22 bits per heavy atom. The van der Waals surface area contributed by atoms with Gasteiger partial charge in [0.15, 0.2) is 5.58 Å². The summed E-state index contributed by atoms with van der Waals surface area (Å²) >= 11 is 0. The quantitative estimate of drug-likeness (QED) is 0.871. The molecule has 1 aliphatic rings.